The van der Waals surface area contributed by atoms with E-state index in [1.807, 2.05) is 72.8 Å². The number of anilines is 1. The second kappa shape index (κ2) is 10.1. The standard InChI is InChI=1S/C35H33N3O4/c1-20(2)31-27-26-25(22-10-6-4-7-11-22)18-36-33(39)29(26)32(37(31)19-21-14-16-24(42-3)17-15-21)30-28(27)34(40)38(35(30)41)23-12-8-5-9-13-23/h4-18,20,27-28,30-32H,19H2,1-3H3,(H,36,39)/t27-,28+,30+,31-,32+/m0/s1. The molecule has 0 radical (unpaired) electrons. The first-order valence-corrected chi connectivity index (χ1v) is 14.5. The van der Waals surface area contributed by atoms with Crippen LogP contribution < -0.4 is 15.2 Å². The summed E-state index contributed by atoms with van der Waals surface area (Å²) in [5.41, 5.74) is 4.87. The van der Waals surface area contributed by atoms with Crippen LogP contribution in [0.5, 0.6) is 5.75 Å². The number of fused-ring (bicyclic) bond motifs is 1. The number of H-pyrrole nitrogens is 1. The van der Waals surface area contributed by atoms with Crippen molar-refractivity contribution < 1.29 is 14.3 Å². The molecule has 3 aromatic carbocycles. The van der Waals surface area contributed by atoms with Gasteiger partial charge in [0, 0.05) is 35.8 Å². The maximum atomic E-state index is 14.4. The number of carbonyl (C=O) groups is 2. The molecule has 2 fully saturated rings. The molecule has 4 aromatic rings. The highest BCUT2D eigenvalue weighted by molar-refractivity contribution is 6.23. The first-order valence-electron chi connectivity index (χ1n) is 14.5. The van der Waals surface area contributed by atoms with E-state index in [1.54, 1.807) is 25.4 Å². The number of pyridine rings is 1. The van der Waals surface area contributed by atoms with Crippen molar-refractivity contribution in [1.29, 1.82) is 0 Å². The zero-order valence-electron chi connectivity index (χ0n) is 23.9. The quantitative estimate of drug-likeness (QED) is 0.314. The normalized spacial score (nSPS) is 24.7. The fourth-order valence-corrected chi connectivity index (χ4v) is 7.77. The Balaban J connectivity index is 1.46. The number of benzene rings is 3. The molecule has 4 aliphatic rings. The number of methoxy groups -OCH3 is 1. The van der Waals surface area contributed by atoms with Crippen molar-refractivity contribution in [2.75, 3.05) is 12.0 Å². The zero-order chi connectivity index (χ0) is 29.1. The molecular formula is C35H33N3O4. The lowest BCUT2D eigenvalue weighted by atomic mass is 9.57. The summed E-state index contributed by atoms with van der Waals surface area (Å²) in [6.45, 7) is 4.89. The van der Waals surface area contributed by atoms with Crippen molar-refractivity contribution in [2.45, 2.75) is 38.4 Å². The van der Waals surface area contributed by atoms with Gasteiger partial charge in [0.25, 0.3) is 5.56 Å². The second-order valence-electron chi connectivity index (χ2n) is 11.8. The number of nitrogens with zero attached hydrogens (tertiary/aromatic N) is 2. The summed E-state index contributed by atoms with van der Waals surface area (Å²) in [6, 6.07) is 26.5. The highest BCUT2D eigenvalue weighted by Crippen LogP contribution is 2.61. The van der Waals surface area contributed by atoms with Crippen LogP contribution in [0.15, 0.2) is 95.9 Å². The van der Waals surface area contributed by atoms with Crippen molar-refractivity contribution in [3.8, 4) is 16.9 Å². The maximum absolute atomic E-state index is 14.4. The Morgan fingerprint density at radius 1 is 0.786 bits per heavy atom. The van der Waals surface area contributed by atoms with Crippen LogP contribution in [0.1, 0.15) is 42.5 Å². The first kappa shape index (κ1) is 26.4. The third-order valence-electron chi connectivity index (χ3n) is 9.34. The minimum absolute atomic E-state index is 0.0670. The molecule has 212 valence electrons. The van der Waals surface area contributed by atoms with Gasteiger partial charge >= 0.3 is 0 Å². The number of aromatic nitrogens is 1. The Labute approximate surface area is 244 Å². The molecule has 2 saturated heterocycles. The zero-order valence-corrected chi connectivity index (χ0v) is 23.9. The number of carbonyl (C=O) groups excluding carboxylic acids is 2. The number of aromatic amines is 1. The number of nitrogens with one attached hydrogen (secondary N) is 1. The van der Waals surface area contributed by atoms with Gasteiger partial charge in [-0.1, -0.05) is 74.5 Å². The van der Waals surface area contributed by atoms with Crippen LogP contribution in [0.3, 0.4) is 0 Å². The van der Waals surface area contributed by atoms with E-state index in [4.69, 9.17) is 4.74 Å². The average Bonchev–Trinajstić information content (AvgIpc) is 3.28. The molecule has 8 rings (SSSR count). The van der Waals surface area contributed by atoms with Crippen molar-refractivity contribution in [3.63, 3.8) is 0 Å². The summed E-state index contributed by atoms with van der Waals surface area (Å²) < 4.78 is 5.38. The van der Waals surface area contributed by atoms with Crippen LogP contribution in [-0.4, -0.2) is 34.8 Å². The summed E-state index contributed by atoms with van der Waals surface area (Å²) in [4.78, 5) is 49.2. The molecule has 42 heavy (non-hydrogen) atoms. The summed E-state index contributed by atoms with van der Waals surface area (Å²) in [7, 11) is 1.64. The van der Waals surface area contributed by atoms with Gasteiger partial charge in [0.05, 0.1) is 30.7 Å². The van der Waals surface area contributed by atoms with Crippen molar-refractivity contribution in [1.82, 2.24) is 9.88 Å². The minimum Gasteiger partial charge on any atom is -0.497 e. The number of amides is 2. The average molecular weight is 560 g/mol. The monoisotopic (exact) mass is 559 g/mol. The molecule has 0 spiro atoms. The topological polar surface area (TPSA) is 82.7 Å². The lowest BCUT2D eigenvalue weighted by Crippen LogP contribution is -2.61. The van der Waals surface area contributed by atoms with Gasteiger partial charge in [-0.3, -0.25) is 19.3 Å². The molecule has 7 heteroatoms. The van der Waals surface area contributed by atoms with E-state index in [-0.39, 0.29) is 35.3 Å². The van der Waals surface area contributed by atoms with Crippen LogP contribution in [0.2, 0.25) is 0 Å². The molecule has 0 unspecified atom stereocenters. The maximum Gasteiger partial charge on any atom is 0.253 e. The summed E-state index contributed by atoms with van der Waals surface area (Å²) in [5, 5.41) is 0. The molecule has 1 aromatic heterocycles. The van der Waals surface area contributed by atoms with Gasteiger partial charge in [0.1, 0.15) is 5.75 Å². The van der Waals surface area contributed by atoms with E-state index >= 15 is 0 Å². The molecule has 4 heterocycles. The van der Waals surface area contributed by atoms with Gasteiger partial charge in [-0.05, 0) is 46.9 Å². The van der Waals surface area contributed by atoms with E-state index < -0.39 is 17.9 Å². The highest BCUT2D eigenvalue weighted by Gasteiger charge is 2.66. The number of imide groups is 1. The van der Waals surface area contributed by atoms with E-state index in [2.05, 4.69) is 23.7 Å². The van der Waals surface area contributed by atoms with Gasteiger partial charge < -0.3 is 9.72 Å². The molecule has 0 saturated carbocycles. The Hall–Kier alpha value is -4.49. The smallest absolute Gasteiger partial charge is 0.253 e. The van der Waals surface area contributed by atoms with Gasteiger partial charge in [-0.2, -0.15) is 0 Å². The predicted molar refractivity (Wildman–Crippen MR) is 161 cm³/mol. The van der Waals surface area contributed by atoms with Crippen LogP contribution >= 0.6 is 0 Å². The Morgan fingerprint density at radius 3 is 2.07 bits per heavy atom. The molecule has 5 atom stereocenters. The summed E-state index contributed by atoms with van der Waals surface area (Å²) in [5.74, 6) is -1.04. The van der Waals surface area contributed by atoms with Crippen LogP contribution in [0.4, 0.5) is 5.69 Å². The molecule has 2 amide bonds. The molecule has 7 nitrogen and oxygen atoms in total. The molecule has 1 N–H and O–H groups in total. The van der Waals surface area contributed by atoms with Crippen molar-refractivity contribution >= 4 is 17.5 Å². The number of hydrogen-bond donors (Lipinski definition) is 1. The summed E-state index contributed by atoms with van der Waals surface area (Å²) in [6.07, 6.45) is 1.79. The second-order valence-corrected chi connectivity index (χ2v) is 11.8. The SMILES string of the molecule is COc1ccc(CN2[C@@H]3c4c(c(-c5ccccc5)c[nH]c4=O)[C@@H]([C@H]4C(=O)N(c5ccccc5)C(=O)[C@H]43)[C@@H]2C(C)C)cc1. The van der Waals surface area contributed by atoms with Crippen LogP contribution in [0.25, 0.3) is 11.1 Å². The third-order valence-corrected chi connectivity index (χ3v) is 9.34. The highest BCUT2D eigenvalue weighted by atomic mass is 16.5. The third kappa shape index (κ3) is 3.87. The number of para-hydroxylation sites is 1. The fourth-order valence-electron chi connectivity index (χ4n) is 7.77. The largest absolute Gasteiger partial charge is 0.497 e. The van der Waals surface area contributed by atoms with Crippen molar-refractivity contribution in [2.24, 2.45) is 17.8 Å². The van der Waals surface area contributed by atoms with Gasteiger partial charge in [-0.15, -0.1) is 0 Å². The lowest BCUT2D eigenvalue weighted by molar-refractivity contribution is -0.134. The van der Waals surface area contributed by atoms with Gasteiger partial charge in [0.15, 0.2) is 0 Å². The predicted octanol–water partition coefficient (Wildman–Crippen LogP) is 5.54. The number of piperidine rings is 1. The van der Waals surface area contributed by atoms with E-state index in [0.29, 0.717) is 17.8 Å². The number of ether oxygens (including phenoxy) is 1. The van der Waals surface area contributed by atoms with E-state index in [9.17, 15) is 14.4 Å². The Morgan fingerprint density at radius 2 is 1.43 bits per heavy atom. The Kier molecular flexibility index (Phi) is 6.35. The summed E-state index contributed by atoms with van der Waals surface area (Å²) >= 11 is 0. The Bertz CT molecular complexity index is 1720. The lowest BCUT2D eigenvalue weighted by Gasteiger charge is -2.57. The number of rotatable bonds is 6. The number of hydrogen-bond acceptors (Lipinski definition) is 5. The van der Waals surface area contributed by atoms with Crippen LogP contribution in [-0.2, 0) is 16.1 Å². The molecule has 3 aliphatic heterocycles. The molecular weight excluding hydrogens is 526 g/mol. The van der Waals surface area contributed by atoms with E-state index in [0.717, 1.165) is 28.0 Å². The van der Waals surface area contributed by atoms with Gasteiger partial charge in [0.2, 0.25) is 11.8 Å². The van der Waals surface area contributed by atoms with Crippen LogP contribution in [0, 0.1) is 17.8 Å². The molecule has 2 bridgehead atoms. The minimum atomic E-state index is -0.657. The van der Waals surface area contributed by atoms with Gasteiger partial charge in [-0.25, -0.2) is 4.90 Å². The fraction of sp³-hybridized carbons (Fsp3) is 0.286. The first-order chi connectivity index (χ1) is 20.4. The molecule has 1 aliphatic carbocycles. The van der Waals surface area contributed by atoms with Crippen molar-refractivity contribution in [3.05, 3.63) is 118 Å². The van der Waals surface area contributed by atoms with E-state index in [1.165, 1.54) is 4.90 Å².